The van der Waals surface area contributed by atoms with E-state index in [2.05, 4.69) is 15.2 Å². The van der Waals surface area contributed by atoms with Crippen LogP contribution in [0.3, 0.4) is 0 Å². The van der Waals surface area contributed by atoms with Crippen LogP contribution in [0.1, 0.15) is 56.8 Å². The molecule has 1 spiro atoms. The molecule has 7 nitrogen and oxygen atoms in total. The van der Waals surface area contributed by atoms with Crippen molar-refractivity contribution in [1.29, 1.82) is 0 Å². The summed E-state index contributed by atoms with van der Waals surface area (Å²) in [6, 6.07) is 12.1. The molecule has 1 saturated heterocycles. The van der Waals surface area contributed by atoms with Crippen molar-refractivity contribution in [2.45, 2.75) is 51.3 Å². The maximum atomic E-state index is 13.5. The molecule has 2 heterocycles. The first kappa shape index (κ1) is 24.6. The van der Waals surface area contributed by atoms with Gasteiger partial charge in [0.2, 0.25) is 5.89 Å². The van der Waals surface area contributed by atoms with Crippen LogP contribution in [0.5, 0.6) is 0 Å². The normalized spacial score (nSPS) is 17.2. The van der Waals surface area contributed by atoms with Crippen molar-refractivity contribution in [3.63, 3.8) is 0 Å². The van der Waals surface area contributed by atoms with E-state index in [4.69, 9.17) is 4.42 Å². The van der Waals surface area contributed by atoms with Crippen molar-refractivity contribution < 1.29 is 17.6 Å². The van der Waals surface area contributed by atoms with Gasteiger partial charge in [0.05, 0.1) is 28.1 Å². The molecule has 0 atom stereocenters. The number of rotatable bonds is 6. The molecule has 1 aliphatic heterocycles. The zero-order valence-electron chi connectivity index (χ0n) is 21.1. The fourth-order valence-electron chi connectivity index (χ4n) is 5.00. The summed E-state index contributed by atoms with van der Waals surface area (Å²) in [5, 5.41) is 2.93. The van der Waals surface area contributed by atoms with Crippen LogP contribution in [0, 0.1) is 10.8 Å². The number of aromatic nitrogens is 1. The summed E-state index contributed by atoms with van der Waals surface area (Å²) in [4.78, 5) is 20.2. The van der Waals surface area contributed by atoms with E-state index in [1.165, 1.54) is 25.2 Å². The van der Waals surface area contributed by atoms with Gasteiger partial charge < -0.3 is 14.6 Å². The second-order valence-corrected chi connectivity index (χ2v) is 13.3. The predicted octanol–water partition coefficient (Wildman–Crippen LogP) is 5.79. The highest BCUT2D eigenvalue weighted by molar-refractivity contribution is 7.91. The van der Waals surface area contributed by atoms with Gasteiger partial charge in [-0.15, -0.1) is 0 Å². The quantitative estimate of drug-likeness (QED) is 0.454. The molecule has 36 heavy (non-hydrogen) atoms. The summed E-state index contributed by atoms with van der Waals surface area (Å²) in [7, 11) is -3.48. The Bertz CT molecular complexity index is 1360. The molecule has 0 bridgehead atoms. The van der Waals surface area contributed by atoms with Gasteiger partial charge in [0.1, 0.15) is 6.26 Å². The Labute approximate surface area is 212 Å². The number of hydrogen-bond acceptors (Lipinski definition) is 6. The standard InChI is InChI=1S/C28H33N3O4S/c1-27(2,3)19-36(33,34)22-6-4-5-21(18-22)30-25(32)23-8-7-20(26-29-13-16-35-26)17-24(23)31-14-11-28(9-10-28)12-15-31/h4-8,13,16-18H,9-12,14-15,19H2,1-3H3,(H,30,32). The number of benzene rings is 2. The van der Waals surface area contributed by atoms with Gasteiger partial charge in [-0.25, -0.2) is 13.4 Å². The topological polar surface area (TPSA) is 92.5 Å². The molecule has 0 unspecified atom stereocenters. The minimum Gasteiger partial charge on any atom is -0.445 e. The first-order valence-corrected chi connectivity index (χ1v) is 14.1. The Morgan fingerprint density at radius 1 is 1.08 bits per heavy atom. The van der Waals surface area contributed by atoms with Gasteiger partial charge >= 0.3 is 0 Å². The van der Waals surface area contributed by atoms with Crippen molar-refractivity contribution in [3.05, 3.63) is 60.5 Å². The molecule has 2 fully saturated rings. The molecule has 1 N–H and O–H groups in total. The third-order valence-corrected chi connectivity index (χ3v) is 9.34. The second-order valence-electron chi connectivity index (χ2n) is 11.4. The van der Waals surface area contributed by atoms with E-state index in [-0.39, 0.29) is 22.0 Å². The molecule has 1 aromatic heterocycles. The van der Waals surface area contributed by atoms with Crippen molar-refractivity contribution in [2.24, 2.45) is 10.8 Å². The van der Waals surface area contributed by atoms with Crippen LogP contribution in [-0.2, 0) is 9.84 Å². The molecular formula is C28H33N3O4S. The molecule has 2 aliphatic rings. The number of carbonyl (C=O) groups excluding carboxylic acids is 1. The van der Waals surface area contributed by atoms with Gasteiger partial charge in [0.15, 0.2) is 9.84 Å². The zero-order chi connectivity index (χ0) is 25.6. The van der Waals surface area contributed by atoms with Crippen molar-refractivity contribution in [3.8, 4) is 11.5 Å². The molecule has 8 heteroatoms. The molecule has 1 amide bonds. The zero-order valence-corrected chi connectivity index (χ0v) is 21.9. The molecule has 1 aliphatic carbocycles. The lowest BCUT2D eigenvalue weighted by Crippen LogP contribution is -2.35. The molecule has 0 radical (unpaired) electrons. The van der Waals surface area contributed by atoms with E-state index in [1.54, 1.807) is 30.5 Å². The van der Waals surface area contributed by atoms with Crippen molar-refractivity contribution in [2.75, 3.05) is 29.1 Å². The van der Waals surface area contributed by atoms with Gasteiger partial charge in [-0.2, -0.15) is 0 Å². The summed E-state index contributed by atoms with van der Waals surface area (Å²) < 4.78 is 31.3. The fraction of sp³-hybridized carbons (Fsp3) is 0.429. The van der Waals surface area contributed by atoms with E-state index < -0.39 is 9.84 Å². The summed E-state index contributed by atoms with van der Waals surface area (Å²) in [6.07, 6.45) is 8.01. The molecule has 2 aromatic carbocycles. The van der Waals surface area contributed by atoms with Crippen LogP contribution < -0.4 is 10.2 Å². The average Bonchev–Trinajstić information content (AvgIpc) is 3.34. The number of nitrogens with one attached hydrogen (secondary N) is 1. The maximum absolute atomic E-state index is 13.5. The summed E-state index contributed by atoms with van der Waals surface area (Å²) in [5.74, 6) is 0.261. The highest BCUT2D eigenvalue weighted by Crippen LogP contribution is 2.54. The van der Waals surface area contributed by atoms with Crippen LogP contribution >= 0.6 is 0 Å². The highest BCUT2D eigenvalue weighted by atomic mass is 32.2. The third kappa shape index (κ3) is 5.33. The van der Waals surface area contributed by atoms with Gasteiger partial charge in [-0.05, 0) is 72.9 Å². The predicted molar refractivity (Wildman–Crippen MR) is 141 cm³/mol. The van der Waals surface area contributed by atoms with Crippen molar-refractivity contribution in [1.82, 2.24) is 4.98 Å². The summed E-state index contributed by atoms with van der Waals surface area (Å²) in [5.41, 5.74) is 2.79. The van der Waals surface area contributed by atoms with Gasteiger partial charge in [-0.1, -0.05) is 26.8 Å². The summed E-state index contributed by atoms with van der Waals surface area (Å²) >= 11 is 0. The Kier molecular flexibility index (Phi) is 6.19. The Hall–Kier alpha value is -3.13. The van der Waals surface area contributed by atoms with E-state index in [9.17, 15) is 13.2 Å². The number of carbonyl (C=O) groups is 1. The number of amides is 1. The average molecular weight is 508 g/mol. The minimum absolute atomic E-state index is 0.0281. The number of piperidine rings is 1. The Morgan fingerprint density at radius 2 is 1.83 bits per heavy atom. The van der Waals surface area contributed by atoms with Crippen molar-refractivity contribution >= 4 is 27.1 Å². The van der Waals surface area contributed by atoms with Crippen LogP contribution in [0.15, 0.2) is 64.2 Å². The maximum Gasteiger partial charge on any atom is 0.257 e. The Balaban J connectivity index is 1.42. The Morgan fingerprint density at radius 3 is 2.47 bits per heavy atom. The van der Waals surface area contributed by atoms with E-state index in [0.29, 0.717) is 22.6 Å². The highest BCUT2D eigenvalue weighted by Gasteiger charge is 2.44. The molecule has 5 rings (SSSR count). The van der Waals surface area contributed by atoms with E-state index >= 15 is 0 Å². The number of hydrogen-bond donors (Lipinski definition) is 1. The smallest absolute Gasteiger partial charge is 0.257 e. The van der Waals surface area contributed by atoms with Crippen LogP contribution in [0.25, 0.3) is 11.5 Å². The van der Waals surface area contributed by atoms with Gasteiger partial charge in [-0.3, -0.25) is 4.79 Å². The number of anilines is 2. The van der Waals surface area contributed by atoms with Crippen LogP contribution in [-0.4, -0.2) is 38.2 Å². The van der Waals surface area contributed by atoms with E-state index in [0.717, 1.165) is 37.2 Å². The van der Waals surface area contributed by atoms with Crippen LogP contribution in [0.4, 0.5) is 11.4 Å². The largest absolute Gasteiger partial charge is 0.445 e. The van der Waals surface area contributed by atoms with E-state index in [1.807, 2.05) is 32.9 Å². The lowest BCUT2D eigenvalue weighted by atomic mass is 9.92. The second kappa shape index (κ2) is 9.07. The first-order valence-electron chi connectivity index (χ1n) is 12.5. The summed E-state index contributed by atoms with van der Waals surface area (Å²) in [6.45, 7) is 7.48. The molecule has 190 valence electrons. The number of nitrogens with zero attached hydrogens (tertiary/aromatic N) is 2. The number of sulfone groups is 1. The van der Waals surface area contributed by atoms with Gasteiger partial charge in [0.25, 0.3) is 5.91 Å². The monoisotopic (exact) mass is 507 g/mol. The fourth-order valence-corrected chi connectivity index (χ4v) is 6.90. The number of oxazole rings is 1. The first-order chi connectivity index (χ1) is 17.0. The molecular weight excluding hydrogens is 474 g/mol. The lowest BCUT2D eigenvalue weighted by Gasteiger charge is -2.35. The lowest BCUT2D eigenvalue weighted by molar-refractivity contribution is 0.102. The molecule has 3 aromatic rings. The SMILES string of the molecule is CC(C)(C)CS(=O)(=O)c1cccc(NC(=O)c2ccc(-c3ncco3)cc2N2CCC3(CC2)CC3)c1. The van der Waals surface area contributed by atoms with Gasteiger partial charge in [0, 0.05) is 24.3 Å². The third-order valence-electron chi connectivity index (χ3n) is 7.12. The molecule has 1 saturated carbocycles. The van der Waals surface area contributed by atoms with Crippen LogP contribution in [0.2, 0.25) is 0 Å². The minimum atomic E-state index is -3.48.